The monoisotopic (exact) mass is 278 g/mol. The van der Waals surface area contributed by atoms with Crippen molar-refractivity contribution < 1.29 is 9.53 Å². The molecule has 0 unspecified atom stereocenters. The molecule has 1 saturated carbocycles. The fourth-order valence-corrected chi connectivity index (χ4v) is 3.01. The largest absolute Gasteiger partial charge is 0.489 e. The third-order valence-electron chi connectivity index (χ3n) is 3.74. The number of carbonyl (C=O) groups is 1. The molecule has 1 aliphatic heterocycles. The second-order valence-electron chi connectivity index (χ2n) is 5.03. The fourth-order valence-electron chi connectivity index (χ4n) is 2.28. The molecule has 3 rings (SSSR count). The number of thioether (sulfide) groups is 1. The van der Waals surface area contributed by atoms with Crippen molar-refractivity contribution in [2.24, 2.45) is 0 Å². The smallest absolute Gasteiger partial charge is 0.255 e. The van der Waals surface area contributed by atoms with Crippen LogP contribution in [0.4, 0.5) is 5.69 Å². The predicted octanol–water partition coefficient (Wildman–Crippen LogP) is 2.12. The highest BCUT2D eigenvalue weighted by Gasteiger charge is 2.42. The minimum atomic E-state index is -0.0409. The minimum Gasteiger partial charge on any atom is -0.489 e. The molecule has 1 aliphatic carbocycles. The average molecular weight is 278 g/mol. The van der Waals surface area contributed by atoms with Crippen LogP contribution in [0.15, 0.2) is 18.2 Å². The first-order valence-corrected chi connectivity index (χ1v) is 7.80. The van der Waals surface area contributed by atoms with Crippen molar-refractivity contribution in [3.63, 3.8) is 0 Å². The molecule has 0 radical (unpaired) electrons. The normalized spacial score (nSPS) is 18.8. The van der Waals surface area contributed by atoms with Gasteiger partial charge in [0.05, 0.1) is 11.3 Å². The highest BCUT2D eigenvalue weighted by atomic mass is 32.2. The van der Waals surface area contributed by atoms with Crippen LogP contribution in [-0.4, -0.2) is 36.6 Å². The fraction of sp³-hybridized carbons (Fsp3) is 0.500. The number of fused-ring (bicyclic) bond motifs is 1. The van der Waals surface area contributed by atoms with Gasteiger partial charge < -0.3 is 15.4 Å². The van der Waals surface area contributed by atoms with Gasteiger partial charge in [0, 0.05) is 17.8 Å². The Kier molecular flexibility index (Phi) is 3.31. The van der Waals surface area contributed by atoms with Gasteiger partial charge in [-0.1, -0.05) is 6.07 Å². The summed E-state index contributed by atoms with van der Waals surface area (Å²) in [5.41, 5.74) is 1.53. The van der Waals surface area contributed by atoms with E-state index in [1.165, 1.54) is 12.8 Å². The third-order valence-corrected chi connectivity index (χ3v) is 5.15. The second kappa shape index (κ2) is 4.96. The SMILES string of the molecule is CSC1(CNC(=O)c2cccc3c2OCCN3)CC1. The summed E-state index contributed by atoms with van der Waals surface area (Å²) in [4.78, 5) is 12.3. The van der Waals surface area contributed by atoms with Crippen LogP contribution in [0.3, 0.4) is 0 Å². The van der Waals surface area contributed by atoms with Crippen LogP contribution in [0.2, 0.25) is 0 Å². The van der Waals surface area contributed by atoms with Gasteiger partial charge in [0.15, 0.2) is 5.75 Å². The van der Waals surface area contributed by atoms with Gasteiger partial charge in [-0.05, 0) is 31.2 Å². The molecular formula is C14H18N2O2S. The van der Waals surface area contributed by atoms with E-state index in [-0.39, 0.29) is 10.7 Å². The van der Waals surface area contributed by atoms with Crippen LogP contribution in [0, 0.1) is 0 Å². The van der Waals surface area contributed by atoms with Crippen LogP contribution in [0.5, 0.6) is 5.75 Å². The maximum Gasteiger partial charge on any atom is 0.255 e. The number of hydrogen-bond donors (Lipinski definition) is 2. The number of carbonyl (C=O) groups excluding carboxylic acids is 1. The van der Waals surface area contributed by atoms with E-state index in [9.17, 15) is 4.79 Å². The number of rotatable bonds is 4. The van der Waals surface area contributed by atoms with Crippen molar-refractivity contribution >= 4 is 23.4 Å². The van der Waals surface area contributed by atoms with E-state index < -0.39 is 0 Å². The van der Waals surface area contributed by atoms with Crippen LogP contribution >= 0.6 is 11.8 Å². The van der Waals surface area contributed by atoms with E-state index >= 15 is 0 Å². The van der Waals surface area contributed by atoms with Crippen molar-refractivity contribution in [1.29, 1.82) is 0 Å². The Balaban J connectivity index is 1.73. The van der Waals surface area contributed by atoms with Gasteiger partial charge in [0.2, 0.25) is 0 Å². The van der Waals surface area contributed by atoms with Crippen molar-refractivity contribution in [2.45, 2.75) is 17.6 Å². The molecule has 4 nitrogen and oxygen atoms in total. The standard InChI is InChI=1S/C14H18N2O2S/c1-19-14(5-6-14)9-16-13(17)10-3-2-4-11-12(10)18-8-7-15-11/h2-4,15H,5-9H2,1H3,(H,16,17). The molecule has 0 saturated heterocycles. The Labute approximate surface area is 117 Å². The predicted molar refractivity (Wildman–Crippen MR) is 78.2 cm³/mol. The van der Waals surface area contributed by atoms with Gasteiger partial charge in [-0.3, -0.25) is 4.79 Å². The summed E-state index contributed by atoms with van der Waals surface area (Å²) in [6.45, 7) is 2.13. The van der Waals surface area contributed by atoms with Gasteiger partial charge in [-0.25, -0.2) is 0 Å². The lowest BCUT2D eigenvalue weighted by molar-refractivity contribution is 0.0949. The van der Waals surface area contributed by atoms with Gasteiger partial charge in [-0.15, -0.1) is 0 Å². The van der Waals surface area contributed by atoms with Crippen LogP contribution in [0.1, 0.15) is 23.2 Å². The number of benzene rings is 1. The molecule has 2 aliphatic rings. The topological polar surface area (TPSA) is 50.4 Å². The Morgan fingerprint density at radius 1 is 1.53 bits per heavy atom. The zero-order valence-electron chi connectivity index (χ0n) is 11.0. The first-order valence-electron chi connectivity index (χ1n) is 6.57. The average Bonchev–Trinajstić information content (AvgIpc) is 3.25. The highest BCUT2D eigenvalue weighted by molar-refractivity contribution is 8.00. The molecular weight excluding hydrogens is 260 g/mol. The number of amides is 1. The van der Waals surface area contributed by atoms with Crippen molar-refractivity contribution in [2.75, 3.05) is 31.3 Å². The summed E-state index contributed by atoms with van der Waals surface area (Å²) >= 11 is 1.85. The zero-order valence-corrected chi connectivity index (χ0v) is 11.8. The molecule has 1 aromatic rings. The molecule has 0 spiro atoms. The lowest BCUT2D eigenvalue weighted by atomic mass is 10.1. The quantitative estimate of drug-likeness (QED) is 0.886. The number of nitrogens with one attached hydrogen (secondary N) is 2. The number of anilines is 1. The summed E-state index contributed by atoms with van der Waals surface area (Å²) in [6.07, 6.45) is 4.50. The van der Waals surface area contributed by atoms with Crippen LogP contribution in [0.25, 0.3) is 0 Å². The zero-order chi connectivity index (χ0) is 13.3. The Hall–Kier alpha value is -1.36. The van der Waals surface area contributed by atoms with Crippen molar-refractivity contribution in [1.82, 2.24) is 5.32 Å². The van der Waals surface area contributed by atoms with Gasteiger partial charge in [0.25, 0.3) is 5.91 Å². The first kappa shape index (κ1) is 12.7. The molecule has 0 aromatic heterocycles. The lowest BCUT2D eigenvalue weighted by Crippen LogP contribution is -2.32. The van der Waals surface area contributed by atoms with Gasteiger partial charge >= 0.3 is 0 Å². The Bertz CT molecular complexity index is 500. The Morgan fingerprint density at radius 3 is 3.11 bits per heavy atom. The maximum absolute atomic E-state index is 12.3. The molecule has 2 N–H and O–H groups in total. The molecule has 1 aromatic carbocycles. The second-order valence-corrected chi connectivity index (χ2v) is 6.30. The summed E-state index contributed by atoms with van der Waals surface area (Å²) < 4.78 is 5.90. The van der Waals surface area contributed by atoms with E-state index in [1.807, 2.05) is 30.0 Å². The van der Waals surface area contributed by atoms with Crippen LogP contribution in [-0.2, 0) is 0 Å². The van der Waals surface area contributed by atoms with E-state index in [0.717, 1.165) is 18.8 Å². The van der Waals surface area contributed by atoms with Gasteiger partial charge in [-0.2, -0.15) is 11.8 Å². The molecule has 1 fully saturated rings. The molecule has 0 atom stereocenters. The maximum atomic E-state index is 12.3. The number of hydrogen-bond acceptors (Lipinski definition) is 4. The van der Waals surface area contributed by atoms with E-state index in [4.69, 9.17) is 4.74 Å². The number of para-hydroxylation sites is 1. The third kappa shape index (κ3) is 2.52. The van der Waals surface area contributed by atoms with E-state index in [2.05, 4.69) is 16.9 Å². The van der Waals surface area contributed by atoms with Crippen LogP contribution < -0.4 is 15.4 Å². The minimum absolute atomic E-state index is 0.0409. The van der Waals surface area contributed by atoms with Crippen molar-refractivity contribution in [3.8, 4) is 5.75 Å². The molecule has 102 valence electrons. The van der Waals surface area contributed by atoms with Crippen molar-refractivity contribution in [3.05, 3.63) is 23.8 Å². The molecule has 1 amide bonds. The van der Waals surface area contributed by atoms with E-state index in [1.54, 1.807) is 0 Å². The summed E-state index contributed by atoms with van der Waals surface area (Å²) in [7, 11) is 0. The Morgan fingerprint density at radius 2 is 2.37 bits per heavy atom. The summed E-state index contributed by atoms with van der Waals surface area (Å²) in [5, 5.41) is 6.28. The van der Waals surface area contributed by atoms with Gasteiger partial charge in [0.1, 0.15) is 6.61 Å². The molecule has 1 heterocycles. The molecule has 19 heavy (non-hydrogen) atoms. The first-order chi connectivity index (χ1) is 9.24. The molecule has 5 heteroatoms. The molecule has 0 bridgehead atoms. The number of ether oxygens (including phenoxy) is 1. The summed E-state index contributed by atoms with van der Waals surface area (Å²) in [5.74, 6) is 0.640. The summed E-state index contributed by atoms with van der Waals surface area (Å²) in [6, 6.07) is 5.65. The lowest BCUT2D eigenvalue weighted by Gasteiger charge is -2.21. The van der Waals surface area contributed by atoms with E-state index in [0.29, 0.717) is 17.9 Å². The highest BCUT2D eigenvalue weighted by Crippen LogP contribution is 2.46.